The van der Waals surface area contributed by atoms with Gasteiger partial charge >= 0.3 is 0 Å². The summed E-state index contributed by atoms with van der Waals surface area (Å²) < 4.78 is 8.66. The number of ether oxygens (including phenoxy) is 1. The Hall–Kier alpha value is -3.33. The van der Waals surface area contributed by atoms with E-state index < -0.39 is 0 Å². The third kappa shape index (κ3) is 4.27. The van der Waals surface area contributed by atoms with Crippen LogP contribution in [0.4, 0.5) is 5.69 Å². The summed E-state index contributed by atoms with van der Waals surface area (Å²) in [4.78, 5) is 25.4. The van der Waals surface area contributed by atoms with Gasteiger partial charge in [0.1, 0.15) is 5.75 Å². The molecule has 31 heavy (non-hydrogen) atoms. The molecule has 0 aliphatic rings. The third-order valence-electron chi connectivity index (χ3n) is 4.92. The Balaban J connectivity index is 1.61. The van der Waals surface area contributed by atoms with Gasteiger partial charge in [0.05, 0.1) is 23.8 Å². The van der Waals surface area contributed by atoms with E-state index in [0.717, 1.165) is 24.1 Å². The number of unbranched alkanes of at least 4 members (excludes halogenated alkanes) is 1. The molecule has 9 heteroatoms. The van der Waals surface area contributed by atoms with Crippen LogP contribution >= 0.6 is 11.8 Å². The summed E-state index contributed by atoms with van der Waals surface area (Å²) in [5.41, 5.74) is 1.35. The van der Waals surface area contributed by atoms with Gasteiger partial charge in [-0.15, -0.1) is 10.2 Å². The first-order valence-corrected chi connectivity index (χ1v) is 11.0. The van der Waals surface area contributed by atoms with Crippen LogP contribution in [0, 0.1) is 0 Å². The second kappa shape index (κ2) is 9.22. The summed E-state index contributed by atoms with van der Waals surface area (Å²) in [5, 5.41) is 12.6. The summed E-state index contributed by atoms with van der Waals surface area (Å²) in [5.74, 6) is 1.23. The Labute approximate surface area is 183 Å². The number of hydrogen-bond donors (Lipinski definition) is 1. The molecule has 0 saturated carbocycles. The van der Waals surface area contributed by atoms with Gasteiger partial charge in [-0.25, -0.2) is 0 Å². The fourth-order valence-corrected chi connectivity index (χ4v) is 4.09. The number of anilines is 1. The Bertz CT molecular complexity index is 1280. The predicted molar refractivity (Wildman–Crippen MR) is 122 cm³/mol. The Morgan fingerprint density at radius 3 is 2.65 bits per heavy atom. The molecule has 0 fully saturated rings. The molecule has 0 spiro atoms. The number of aromatic nitrogens is 4. The minimum absolute atomic E-state index is 0.0715. The lowest BCUT2D eigenvalue weighted by Gasteiger charge is -2.11. The molecule has 0 atom stereocenters. The molecule has 0 bridgehead atoms. The van der Waals surface area contributed by atoms with Crippen molar-refractivity contribution in [3.63, 3.8) is 0 Å². The molecule has 2 heterocycles. The highest BCUT2D eigenvalue weighted by Crippen LogP contribution is 2.22. The number of aryl methyl sites for hydroxylation is 1. The number of rotatable bonds is 8. The number of para-hydroxylation sites is 1. The zero-order chi connectivity index (χ0) is 21.8. The van der Waals surface area contributed by atoms with Gasteiger partial charge in [-0.1, -0.05) is 37.2 Å². The lowest BCUT2D eigenvalue weighted by atomic mass is 10.2. The molecular weight excluding hydrogens is 414 g/mol. The van der Waals surface area contributed by atoms with Crippen molar-refractivity contribution in [2.24, 2.45) is 0 Å². The van der Waals surface area contributed by atoms with Gasteiger partial charge in [-0.2, -0.15) is 0 Å². The van der Waals surface area contributed by atoms with Gasteiger partial charge in [0.25, 0.3) is 5.56 Å². The molecule has 0 saturated heterocycles. The van der Waals surface area contributed by atoms with E-state index in [4.69, 9.17) is 4.74 Å². The standard InChI is InChI=1S/C22H23N5O3S/c1-3-4-13-26-20(29)17-7-5-6-8-18(17)27-21(26)24-25-22(27)31-14-19(28)23-15-9-11-16(30-2)12-10-15/h5-12H,3-4,13-14H2,1-2H3,(H,23,28). The third-order valence-corrected chi connectivity index (χ3v) is 5.85. The lowest BCUT2D eigenvalue weighted by molar-refractivity contribution is -0.113. The average molecular weight is 438 g/mol. The van der Waals surface area contributed by atoms with E-state index in [1.807, 2.05) is 28.7 Å². The highest BCUT2D eigenvalue weighted by atomic mass is 32.2. The fraction of sp³-hybridized carbons (Fsp3) is 0.273. The summed E-state index contributed by atoms with van der Waals surface area (Å²) in [6.45, 7) is 2.65. The normalized spacial score (nSPS) is 11.2. The monoisotopic (exact) mass is 437 g/mol. The summed E-state index contributed by atoms with van der Waals surface area (Å²) >= 11 is 1.28. The van der Waals surface area contributed by atoms with Crippen LogP contribution in [0.25, 0.3) is 16.7 Å². The topological polar surface area (TPSA) is 90.5 Å². The number of nitrogens with one attached hydrogen (secondary N) is 1. The fourth-order valence-electron chi connectivity index (χ4n) is 3.35. The minimum Gasteiger partial charge on any atom is -0.497 e. The van der Waals surface area contributed by atoms with Crippen LogP contribution < -0.4 is 15.6 Å². The van der Waals surface area contributed by atoms with E-state index >= 15 is 0 Å². The number of carbonyl (C=O) groups excluding carboxylic acids is 1. The van der Waals surface area contributed by atoms with Gasteiger partial charge in [0.15, 0.2) is 5.16 Å². The quantitative estimate of drug-likeness (QED) is 0.424. The SMILES string of the molecule is CCCCn1c(=O)c2ccccc2n2c(SCC(=O)Nc3ccc(OC)cc3)nnc12. The van der Waals surface area contributed by atoms with Gasteiger partial charge in [0, 0.05) is 12.2 Å². The molecule has 1 N–H and O–H groups in total. The van der Waals surface area contributed by atoms with E-state index in [1.54, 1.807) is 35.9 Å². The molecular formula is C22H23N5O3S. The number of fused-ring (bicyclic) bond motifs is 3. The number of carbonyl (C=O) groups is 1. The lowest BCUT2D eigenvalue weighted by Crippen LogP contribution is -2.23. The molecule has 4 rings (SSSR count). The predicted octanol–water partition coefficient (Wildman–Crippen LogP) is 3.58. The molecule has 2 aromatic carbocycles. The van der Waals surface area contributed by atoms with Gasteiger partial charge < -0.3 is 10.1 Å². The Morgan fingerprint density at radius 2 is 1.90 bits per heavy atom. The number of thioether (sulfide) groups is 1. The van der Waals surface area contributed by atoms with Crippen LogP contribution in [0.15, 0.2) is 58.5 Å². The Kier molecular flexibility index (Phi) is 6.22. The maximum Gasteiger partial charge on any atom is 0.262 e. The molecule has 0 radical (unpaired) electrons. The summed E-state index contributed by atoms with van der Waals surface area (Å²) in [6.07, 6.45) is 1.83. The zero-order valence-corrected chi connectivity index (χ0v) is 18.2. The van der Waals surface area contributed by atoms with E-state index in [-0.39, 0.29) is 17.2 Å². The van der Waals surface area contributed by atoms with Crippen LogP contribution in [0.2, 0.25) is 0 Å². The number of amides is 1. The minimum atomic E-state index is -0.157. The summed E-state index contributed by atoms with van der Waals surface area (Å²) in [7, 11) is 1.60. The average Bonchev–Trinajstić information content (AvgIpc) is 3.22. The molecule has 1 amide bonds. The van der Waals surface area contributed by atoms with Crippen molar-refractivity contribution in [3.05, 3.63) is 58.9 Å². The second-order valence-electron chi connectivity index (χ2n) is 7.01. The number of nitrogens with zero attached hydrogens (tertiary/aromatic N) is 4. The van der Waals surface area contributed by atoms with Crippen LogP contribution in [-0.4, -0.2) is 37.9 Å². The summed E-state index contributed by atoms with van der Waals surface area (Å²) in [6, 6.07) is 14.6. The molecule has 8 nitrogen and oxygen atoms in total. The van der Waals surface area contributed by atoms with Crippen LogP contribution in [0.3, 0.4) is 0 Å². The van der Waals surface area contributed by atoms with Crippen LogP contribution in [0.1, 0.15) is 19.8 Å². The molecule has 2 aromatic heterocycles. The van der Waals surface area contributed by atoms with Crippen molar-refractivity contribution in [3.8, 4) is 5.75 Å². The van der Waals surface area contributed by atoms with Crippen molar-refractivity contribution in [2.75, 3.05) is 18.2 Å². The van der Waals surface area contributed by atoms with E-state index in [0.29, 0.717) is 28.6 Å². The molecule has 0 aliphatic heterocycles. The van der Waals surface area contributed by atoms with Gasteiger partial charge in [-0.3, -0.25) is 18.6 Å². The maximum atomic E-state index is 13.0. The first kappa shape index (κ1) is 20.9. The van der Waals surface area contributed by atoms with E-state index in [2.05, 4.69) is 22.4 Å². The maximum absolute atomic E-state index is 13.0. The highest BCUT2D eigenvalue weighted by molar-refractivity contribution is 7.99. The molecule has 160 valence electrons. The van der Waals surface area contributed by atoms with E-state index in [9.17, 15) is 9.59 Å². The van der Waals surface area contributed by atoms with Gasteiger partial charge in [-0.05, 0) is 42.8 Å². The highest BCUT2D eigenvalue weighted by Gasteiger charge is 2.17. The van der Waals surface area contributed by atoms with Crippen molar-refractivity contribution in [2.45, 2.75) is 31.5 Å². The van der Waals surface area contributed by atoms with Crippen molar-refractivity contribution >= 4 is 40.0 Å². The molecule has 0 aliphatic carbocycles. The number of hydrogen-bond acceptors (Lipinski definition) is 6. The van der Waals surface area contributed by atoms with Gasteiger partial charge in [0.2, 0.25) is 11.7 Å². The largest absolute Gasteiger partial charge is 0.497 e. The van der Waals surface area contributed by atoms with Crippen molar-refractivity contribution in [1.29, 1.82) is 0 Å². The molecule has 0 unspecified atom stereocenters. The van der Waals surface area contributed by atoms with E-state index in [1.165, 1.54) is 11.8 Å². The van der Waals surface area contributed by atoms with Crippen molar-refractivity contribution < 1.29 is 9.53 Å². The van der Waals surface area contributed by atoms with Crippen LogP contribution in [-0.2, 0) is 11.3 Å². The van der Waals surface area contributed by atoms with Crippen LogP contribution in [0.5, 0.6) is 5.75 Å². The second-order valence-corrected chi connectivity index (χ2v) is 7.95. The molecule has 4 aromatic rings. The number of methoxy groups -OCH3 is 1. The first-order valence-electron chi connectivity index (χ1n) is 10.1. The first-order chi connectivity index (χ1) is 15.1. The Morgan fingerprint density at radius 1 is 1.13 bits per heavy atom. The number of benzene rings is 2. The van der Waals surface area contributed by atoms with Crippen molar-refractivity contribution in [1.82, 2.24) is 19.2 Å². The smallest absolute Gasteiger partial charge is 0.262 e. The zero-order valence-electron chi connectivity index (χ0n) is 17.4.